The van der Waals surface area contributed by atoms with Crippen molar-refractivity contribution in [1.29, 1.82) is 0 Å². The Bertz CT molecular complexity index is 267. The summed E-state index contributed by atoms with van der Waals surface area (Å²) in [4.78, 5) is 0. The van der Waals surface area contributed by atoms with Gasteiger partial charge in [0.2, 0.25) is 0 Å². The van der Waals surface area contributed by atoms with E-state index in [1.807, 2.05) is 49.4 Å². The topological polar surface area (TPSA) is 29.5 Å². The Morgan fingerprint density at radius 1 is 1.36 bits per heavy atom. The van der Waals surface area contributed by atoms with Gasteiger partial charge >= 0.3 is 0 Å². The number of ether oxygens (including phenoxy) is 1. The van der Waals surface area contributed by atoms with Crippen molar-refractivity contribution in [2.75, 3.05) is 6.61 Å². The molecule has 0 saturated heterocycles. The summed E-state index contributed by atoms with van der Waals surface area (Å²) >= 11 is 0. The van der Waals surface area contributed by atoms with Crippen LogP contribution >= 0.6 is 0 Å². The zero-order valence-corrected chi connectivity index (χ0v) is 8.39. The van der Waals surface area contributed by atoms with Crippen molar-refractivity contribution in [2.24, 2.45) is 0 Å². The molecule has 0 heterocycles. The zero-order chi connectivity index (χ0) is 10.2. The van der Waals surface area contributed by atoms with E-state index in [2.05, 4.69) is 0 Å². The maximum absolute atomic E-state index is 9.25. The molecule has 1 unspecified atom stereocenters. The van der Waals surface area contributed by atoms with Gasteiger partial charge < -0.3 is 9.84 Å². The Balaban J connectivity index is 2.34. The van der Waals surface area contributed by atoms with Gasteiger partial charge in [0.25, 0.3) is 0 Å². The van der Waals surface area contributed by atoms with Gasteiger partial charge in [-0.2, -0.15) is 0 Å². The van der Waals surface area contributed by atoms with E-state index in [9.17, 15) is 5.11 Å². The molecule has 2 nitrogen and oxygen atoms in total. The highest BCUT2D eigenvalue weighted by Gasteiger charge is 1.97. The molecule has 1 aromatic rings. The first-order chi connectivity index (χ1) is 6.83. The van der Waals surface area contributed by atoms with Crippen molar-refractivity contribution in [3.05, 3.63) is 42.0 Å². The van der Waals surface area contributed by atoms with Gasteiger partial charge in [-0.05, 0) is 12.5 Å². The maximum Gasteiger partial charge on any atom is 0.157 e. The third-order valence-corrected chi connectivity index (χ3v) is 1.81. The standard InChI is InChI=1S/C12H16O2/c1-2-14-12(13)10-6-9-11-7-4-3-5-8-11/h3-9,12-13H,2,10H2,1H3. The Morgan fingerprint density at radius 3 is 2.71 bits per heavy atom. The minimum Gasteiger partial charge on any atom is -0.368 e. The Morgan fingerprint density at radius 2 is 2.07 bits per heavy atom. The second kappa shape index (κ2) is 6.35. The lowest BCUT2D eigenvalue weighted by atomic mass is 10.2. The van der Waals surface area contributed by atoms with Crippen molar-refractivity contribution in [3.8, 4) is 0 Å². The van der Waals surface area contributed by atoms with Crippen LogP contribution in [0, 0.1) is 0 Å². The molecular weight excluding hydrogens is 176 g/mol. The lowest BCUT2D eigenvalue weighted by Crippen LogP contribution is -2.09. The van der Waals surface area contributed by atoms with Crippen LogP contribution in [0.2, 0.25) is 0 Å². The van der Waals surface area contributed by atoms with E-state index >= 15 is 0 Å². The van der Waals surface area contributed by atoms with Gasteiger partial charge in [0.1, 0.15) is 0 Å². The number of rotatable bonds is 5. The molecular formula is C12H16O2. The molecule has 2 heteroatoms. The SMILES string of the molecule is CCOC(O)CC=Cc1ccccc1. The number of aliphatic hydroxyl groups is 1. The van der Waals surface area contributed by atoms with Gasteiger partial charge in [-0.25, -0.2) is 0 Å². The lowest BCUT2D eigenvalue weighted by Gasteiger charge is -2.06. The molecule has 1 atom stereocenters. The largest absolute Gasteiger partial charge is 0.368 e. The highest BCUT2D eigenvalue weighted by atomic mass is 16.6. The van der Waals surface area contributed by atoms with Crippen LogP contribution in [0.1, 0.15) is 18.9 Å². The average Bonchev–Trinajstić information content (AvgIpc) is 2.20. The van der Waals surface area contributed by atoms with Crippen LogP contribution in [0.15, 0.2) is 36.4 Å². The van der Waals surface area contributed by atoms with Crippen LogP contribution in [0.4, 0.5) is 0 Å². The fourth-order valence-electron chi connectivity index (χ4n) is 1.15. The summed E-state index contributed by atoms with van der Waals surface area (Å²) in [6.45, 7) is 2.41. The summed E-state index contributed by atoms with van der Waals surface area (Å²) in [7, 11) is 0. The lowest BCUT2D eigenvalue weighted by molar-refractivity contribution is -0.0909. The molecule has 0 amide bonds. The van der Waals surface area contributed by atoms with Crippen LogP contribution in [0.3, 0.4) is 0 Å². The van der Waals surface area contributed by atoms with Gasteiger partial charge in [0.15, 0.2) is 6.29 Å². The molecule has 1 rings (SSSR count). The minimum atomic E-state index is -0.681. The first-order valence-electron chi connectivity index (χ1n) is 4.84. The van der Waals surface area contributed by atoms with Gasteiger partial charge in [0.05, 0.1) is 0 Å². The molecule has 1 N–H and O–H groups in total. The Kier molecular flexibility index (Phi) is 4.97. The van der Waals surface area contributed by atoms with Gasteiger partial charge in [-0.15, -0.1) is 0 Å². The summed E-state index contributed by atoms with van der Waals surface area (Å²) in [6.07, 6.45) is 3.74. The second-order valence-electron chi connectivity index (χ2n) is 2.96. The molecule has 0 bridgehead atoms. The highest BCUT2D eigenvalue weighted by Crippen LogP contribution is 2.03. The average molecular weight is 192 g/mol. The smallest absolute Gasteiger partial charge is 0.157 e. The normalized spacial score (nSPS) is 13.3. The van der Waals surface area contributed by atoms with Gasteiger partial charge in [-0.1, -0.05) is 42.5 Å². The van der Waals surface area contributed by atoms with Crippen molar-refractivity contribution >= 4 is 6.08 Å². The zero-order valence-electron chi connectivity index (χ0n) is 8.39. The molecule has 0 spiro atoms. The summed E-state index contributed by atoms with van der Waals surface area (Å²) in [5.74, 6) is 0. The molecule has 76 valence electrons. The first-order valence-corrected chi connectivity index (χ1v) is 4.84. The quantitative estimate of drug-likeness (QED) is 0.726. The Hall–Kier alpha value is -1.12. The first kappa shape index (κ1) is 11.0. The minimum absolute atomic E-state index is 0.530. The van der Waals surface area contributed by atoms with Crippen molar-refractivity contribution in [1.82, 2.24) is 0 Å². The second-order valence-corrected chi connectivity index (χ2v) is 2.96. The van der Waals surface area contributed by atoms with Crippen molar-refractivity contribution < 1.29 is 9.84 Å². The molecule has 0 aromatic heterocycles. The molecule has 14 heavy (non-hydrogen) atoms. The Labute approximate surface area is 84.8 Å². The number of aliphatic hydroxyl groups excluding tert-OH is 1. The van der Waals surface area contributed by atoms with Gasteiger partial charge in [-0.3, -0.25) is 0 Å². The van der Waals surface area contributed by atoms with Crippen LogP contribution in [-0.4, -0.2) is 18.0 Å². The third-order valence-electron chi connectivity index (χ3n) is 1.81. The highest BCUT2D eigenvalue weighted by molar-refractivity contribution is 5.48. The van der Waals surface area contributed by atoms with Crippen LogP contribution in [0.25, 0.3) is 6.08 Å². The number of hydrogen-bond acceptors (Lipinski definition) is 2. The summed E-state index contributed by atoms with van der Waals surface area (Å²) < 4.78 is 4.98. The molecule has 1 aromatic carbocycles. The molecule has 0 aliphatic rings. The van der Waals surface area contributed by atoms with Crippen LogP contribution < -0.4 is 0 Å². The van der Waals surface area contributed by atoms with Gasteiger partial charge in [0, 0.05) is 13.0 Å². The molecule has 0 radical (unpaired) electrons. The van der Waals surface area contributed by atoms with Crippen LogP contribution in [0.5, 0.6) is 0 Å². The third kappa shape index (κ3) is 4.21. The number of hydrogen-bond donors (Lipinski definition) is 1. The molecule has 0 aliphatic heterocycles. The predicted molar refractivity (Wildman–Crippen MR) is 57.7 cm³/mol. The fourth-order valence-corrected chi connectivity index (χ4v) is 1.15. The summed E-state index contributed by atoms with van der Waals surface area (Å²) in [6, 6.07) is 9.98. The molecule has 0 fully saturated rings. The van der Waals surface area contributed by atoms with E-state index in [1.54, 1.807) is 0 Å². The van der Waals surface area contributed by atoms with E-state index < -0.39 is 6.29 Å². The maximum atomic E-state index is 9.25. The van der Waals surface area contributed by atoms with E-state index in [-0.39, 0.29) is 0 Å². The van der Waals surface area contributed by atoms with E-state index in [0.29, 0.717) is 13.0 Å². The van der Waals surface area contributed by atoms with Crippen molar-refractivity contribution in [3.63, 3.8) is 0 Å². The van der Waals surface area contributed by atoms with Crippen molar-refractivity contribution in [2.45, 2.75) is 19.6 Å². The fraction of sp³-hybridized carbons (Fsp3) is 0.333. The van der Waals surface area contributed by atoms with E-state index in [0.717, 1.165) is 5.56 Å². The molecule has 0 aliphatic carbocycles. The van der Waals surface area contributed by atoms with E-state index in [1.165, 1.54) is 0 Å². The van der Waals surface area contributed by atoms with E-state index in [4.69, 9.17) is 4.74 Å². The number of benzene rings is 1. The monoisotopic (exact) mass is 192 g/mol. The summed E-state index contributed by atoms with van der Waals surface area (Å²) in [5.41, 5.74) is 1.14. The summed E-state index contributed by atoms with van der Waals surface area (Å²) in [5, 5.41) is 9.25. The predicted octanol–water partition coefficient (Wildman–Crippen LogP) is 2.44. The van der Waals surface area contributed by atoms with Crippen LogP contribution in [-0.2, 0) is 4.74 Å². The molecule has 0 saturated carbocycles.